The number of carbonyl (C=O) groups excluding carboxylic acids is 1. The van der Waals surface area contributed by atoms with Crippen LogP contribution in [0.25, 0.3) is 0 Å². The standard InChI is InChI=1S/C22H25FN2O/c1-16(26)25-13-5-8-21-22(25)20(18-9-11-19(23)12-10-18)15-24(21)14-17-6-3-2-4-7-17/h2-4,6-7,9-12,20-22H,5,8,13-15H2,1H3/t20-,21-,22-/m1/s1. The van der Waals surface area contributed by atoms with Crippen molar-refractivity contribution in [1.29, 1.82) is 0 Å². The molecule has 26 heavy (non-hydrogen) atoms. The number of rotatable bonds is 3. The van der Waals surface area contributed by atoms with Crippen LogP contribution in [0.2, 0.25) is 0 Å². The average molecular weight is 352 g/mol. The lowest BCUT2D eigenvalue weighted by atomic mass is 9.86. The summed E-state index contributed by atoms with van der Waals surface area (Å²) in [6.07, 6.45) is 2.15. The van der Waals surface area contributed by atoms with Crippen LogP contribution in [0.1, 0.15) is 36.8 Å². The fourth-order valence-electron chi connectivity index (χ4n) is 4.76. The van der Waals surface area contributed by atoms with E-state index in [1.807, 2.05) is 23.1 Å². The third-order valence-corrected chi connectivity index (χ3v) is 5.90. The normalized spacial score (nSPS) is 25.9. The Morgan fingerprint density at radius 3 is 2.54 bits per heavy atom. The summed E-state index contributed by atoms with van der Waals surface area (Å²) >= 11 is 0. The number of piperidine rings is 1. The molecular weight excluding hydrogens is 327 g/mol. The first kappa shape index (κ1) is 17.2. The highest BCUT2D eigenvalue weighted by Gasteiger charge is 2.47. The largest absolute Gasteiger partial charge is 0.338 e. The van der Waals surface area contributed by atoms with Crippen LogP contribution < -0.4 is 0 Å². The quantitative estimate of drug-likeness (QED) is 0.839. The maximum Gasteiger partial charge on any atom is 0.219 e. The molecule has 2 aromatic carbocycles. The molecule has 0 unspecified atom stereocenters. The van der Waals surface area contributed by atoms with Crippen LogP contribution in [0, 0.1) is 5.82 Å². The first-order valence-corrected chi connectivity index (χ1v) is 9.44. The van der Waals surface area contributed by atoms with Gasteiger partial charge in [-0.2, -0.15) is 0 Å². The number of hydrogen-bond acceptors (Lipinski definition) is 2. The minimum atomic E-state index is -0.212. The van der Waals surface area contributed by atoms with E-state index in [0.29, 0.717) is 6.04 Å². The molecule has 0 aromatic heterocycles. The van der Waals surface area contributed by atoms with Crippen molar-refractivity contribution in [2.24, 2.45) is 0 Å². The summed E-state index contributed by atoms with van der Waals surface area (Å²) in [6.45, 7) is 4.29. The molecule has 136 valence electrons. The Bertz CT molecular complexity index is 761. The Morgan fingerprint density at radius 1 is 1.12 bits per heavy atom. The summed E-state index contributed by atoms with van der Waals surface area (Å²) in [4.78, 5) is 16.9. The van der Waals surface area contributed by atoms with Gasteiger partial charge in [0.05, 0.1) is 6.04 Å². The first-order chi connectivity index (χ1) is 12.6. The summed E-state index contributed by atoms with van der Waals surface area (Å²) in [6, 6.07) is 17.9. The summed E-state index contributed by atoms with van der Waals surface area (Å²) in [5.41, 5.74) is 2.43. The minimum Gasteiger partial charge on any atom is -0.338 e. The van der Waals surface area contributed by atoms with Crippen LogP contribution >= 0.6 is 0 Å². The lowest BCUT2D eigenvalue weighted by molar-refractivity contribution is -0.133. The number of fused-ring (bicyclic) bond motifs is 1. The second-order valence-electron chi connectivity index (χ2n) is 7.49. The lowest BCUT2D eigenvalue weighted by Crippen LogP contribution is -2.52. The molecule has 0 saturated carbocycles. The van der Waals surface area contributed by atoms with Gasteiger partial charge in [-0.1, -0.05) is 42.5 Å². The van der Waals surface area contributed by atoms with Crippen molar-refractivity contribution < 1.29 is 9.18 Å². The molecule has 2 aliphatic heterocycles. The molecule has 0 bridgehead atoms. The van der Waals surface area contributed by atoms with Gasteiger partial charge >= 0.3 is 0 Å². The molecular formula is C22H25FN2O. The molecule has 2 saturated heterocycles. The maximum absolute atomic E-state index is 13.4. The van der Waals surface area contributed by atoms with Crippen LogP contribution in [-0.2, 0) is 11.3 Å². The Kier molecular flexibility index (Phi) is 4.77. The number of likely N-dealkylation sites (tertiary alicyclic amines) is 2. The number of halogens is 1. The highest BCUT2D eigenvalue weighted by molar-refractivity contribution is 5.74. The van der Waals surface area contributed by atoms with Crippen molar-refractivity contribution in [2.45, 2.75) is 44.3 Å². The van der Waals surface area contributed by atoms with Crippen LogP contribution in [0.5, 0.6) is 0 Å². The van der Waals surface area contributed by atoms with Gasteiger partial charge in [0.25, 0.3) is 0 Å². The van der Waals surface area contributed by atoms with E-state index in [2.05, 4.69) is 29.2 Å². The van der Waals surface area contributed by atoms with E-state index in [9.17, 15) is 9.18 Å². The van der Waals surface area contributed by atoms with E-state index < -0.39 is 0 Å². The number of benzene rings is 2. The van der Waals surface area contributed by atoms with Crippen LogP contribution in [-0.4, -0.2) is 40.9 Å². The van der Waals surface area contributed by atoms with Crippen molar-refractivity contribution in [2.75, 3.05) is 13.1 Å². The second kappa shape index (κ2) is 7.20. The predicted octanol–water partition coefficient (Wildman–Crippen LogP) is 3.80. The van der Waals surface area contributed by atoms with Gasteiger partial charge in [0.15, 0.2) is 0 Å². The Labute approximate surface area is 154 Å². The molecule has 1 amide bonds. The molecule has 3 nitrogen and oxygen atoms in total. The minimum absolute atomic E-state index is 0.147. The summed E-state index contributed by atoms with van der Waals surface area (Å²) in [7, 11) is 0. The van der Waals surface area contributed by atoms with E-state index in [0.717, 1.165) is 38.0 Å². The van der Waals surface area contributed by atoms with Crippen LogP contribution in [0.4, 0.5) is 4.39 Å². The molecule has 2 aromatic rings. The van der Waals surface area contributed by atoms with E-state index >= 15 is 0 Å². The smallest absolute Gasteiger partial charge is 0.219 e. The van der Waals surface area contributed by atoms with E-state index in [1.54, 1.807) is 6.92 Å². The molecule has 0 aliphatic carbocycles. The monoisotopic (exact) mass is 352 g/mol. The Morgan fingerprint density at radius 2 is 1.85 bits per heavy atom. The van der Waals surface area contributed by atoms with Crippen molar-refractivity contribution in [1.82, 2.24) is 9.80 Å². The highest BCUT2D eigenvalue weighted by Crippen LogP contribution is 2.40. The number of amides is 1. The van der Waals surface area contributed by atoms with Crippen molar-refractivity contribution in [3.63, 3.8) is 0 Å². The Hall–Kier alpha value is -2.20. The van der Waals surface area contributed by atoms with Crippen LogP contribution in [0.3, 0.4) is 0 Å². The maximum atomic E-state index is 13.4. The topological polar surface area (TPSA) is 23.6 Å². The summed E-state index contributed by atoms with van der Waals surface area (Å²) in [5.74, 6) is 0.165. The van der Waals surface area contributed by atoms with Crippen molar-refractivity contribution in [3.05, 3.63) is 71.5 Å². The fraction of sp³-hybridized carbons (Fsp3) is 0.409. The van der Waals surface area contributed by atoms with Gasteiger partial charge in [-0.3, -0.25) is 9.69 Å². The van der Waals surface area contributed by atoms with Gasteiger partial charge in [0, 0.05) is 38.5 Å². The molecule has 3 atom stereocenters. The third-order valence-electron chi connectivity index (χ3n) is 5.90. The predicted molar refractivity (Wildman–Crippen MR) is 100 cm³/mol. The molecule has 2 aliphatic rings. The molecule has 2 heterocycles. The van der Waals surface area contributed by atoms with Gasteiger partial charge in [0.2, 0.25) is 5.91 Å². The van der Waals surface area contributed by atoms with Gasteiger partial charge in [0.1, 0.15) is 5.82 Å². The molecule has 0 N–H and O–H groups in total. The average Bonchev–Trinajstić information content (AvgIpc) is 3.02. The summed E-state index contributed by atoms with van der Waals surface area (Å²) < 4.78 is 13.4. The molecule has 0 spiro atoms. The van der Waals surface area contributed by atoms with Gasteiger partial charge in [-0.15, -0.1) is 0 Å². The first-order valence-electron chi connectivity index (χ1n) is 9.44. The van der Waals surface area contributed by atoms with Gasteiger partial charge < -0.3 is 4.90 Å². The zero-order chi connectivity index (χ0) is 18.1. The number of nitrogens with zero attached hydrogens (tertiary/aromatic N) is 2. The van der Waals surface area contributed by atoms with Crippen LogP contribution in [0.15, 0.2) is 54.6 Å². The van der Waals surface area contributed by atoms with Gasteiger partial charge in [-0.05, 0) is 36.1 Å². The summed E-state index contributed by atoms with van der Waals surface area (Å²) in [5, 5.41) is 0. The highest BCUT2D eigenvalue weighted by atomic mass is 19.1. The zero-order valence-corrected chi connectivity index (χ0v) is 15.1. The molecule has 4 heteroatoms. The van der Waals surface area contributed by atoms with E-state index in [4.69, 9.17) is 0 Å². The van der Waals surface area contributed by atoms with E-state index in [1.165, 1.54) is 17.7 Å². The second-order valence-corrected chi connectivity index (χ2v) is 7.49. The van der Waals surface area contributed by atoms with E-state index in [-0.39, 0.29) is 23.7 Å². The SMILES string of the molecule is CC(=O)N1CCC[C@@H]2[C@H]1[C@@H](c1ccc(F)cc1)CN2Cc1ccccc1. The Balaban J connectivity index is 1.66. The number of hydrogen-bond donors (Lipinski definition) is 0. The molecule has 2 fully saturated rings. The third kappa shape index (κ3) is 3.26. The van der Waals surface area contributed by atoms with Gasteiger partial charge in [-0.25, -0.2) is 4.39 Å². The lowest BCUT2D eigenvalue weighted by Gasteiger charge is -2.41. The molecule has 0 radical (unpaired) electrons. The van der Waals surface area contributed by atoms with Crippen molar-refractivity contribution >= 4 is 5.91 Å². The fourth-order valence-corrected chi connectivity index (χ4v) is 4.76. The zero-order valence-electron chi connectivity index (χ0n) is 15.1. The molecule has 4 rings (SSSR count). The number of carbonyl (C=O) groups is 1. The van der Waals surface area contributed by atoms with Crippen molar-refractivity contribution in [3.8, 4) is 0 Å².